The number of rotatable bonds is 16. The molecular formula is C63H72N10O11. The fourth-order valence-corrected chi connectivity index (χ4v) is 9.94. The summed E-state index contributed by atoms with van der Waals surface area (Å²) in [5, 5.41) is 26.9. The van der Waals surface area contributed by atoms with E-state index in [4.69, 9.17) is 43.6 Å². The summed E-state index contributed by atoms with van der Waals surface area (Å²) in [4.78, 5) is 61.8. The fourth-order valence-electron chi connectivity index (χ4n) is 9.94. The molecule has 2 aliphatic heterocycles. The SMILES string of the molecule is COc1ccc(Cn2nc(N3CCC[C@@H](NC(=O)OC(C)(C)C)C3)c3c(Oc4ccc(C(=O)O)cc4)ccnc32)cc1.COc1ccc(Cn2nc(N3CCC[C@@H](NC(=O)OC(C)(C)C)C3)c3c(Oc4ccc(C(C)=O)cc4)ccnc32)cc1. The minimum Gasteiger partial charge on any atom is -0.497 e. The monoisotopic (exact) mass is 1140 g/mol. The van der Waals surface area contributed by atoms with E-state index in [0.717, 1.165) is 78.0 Å². The van der Waals surface area contributed by atoms with Gasteiger partial charge in [0.25, 0.3) is 0 Å². The summed E-state index contributed by atoms with van der Waals surface area (Å²) in [6.07, 6.45) is 5.88. The first kappa shape index (κ1) is 59.2. The quantitative estimate of drug-likeness (QED) is 0.0763. The van der Waals surface area contributed by atoms with Crippen LogP contribution in [0.15, 0.2) is 122 Å². The zero-order valence-electron chi connectivity index (χ0n) is 48.9. The second-order valence-electron chi connectivity index (χ2n) is 22.7. The molecule has 0 saturated carbocycles. The molecule has 6 heterocycles. The minimum absolute atomic E-state index is 0.00501. The maximum atomic E-state index is 12.5. The van der Waals surface area contributed by atoms with Crippen LogP contribution >= 0.6 is 0 Å². The van der Waals surface area contributed by atoms with E-state index in [9.17, 15) is 24.3 Å². The van der Waals surface area contributed by atoms with E-state index in [2.05, 4.69) is 25.4 Å². The highest BCUT2D eigenvalue weighted by atomic mass is 16.6. The average molecular weight is 1150 g/mol. The number of alkyl carbamates (subject to hydrolysis) is 2. The Morgan fingerprint density at radius 3 is 1.29 bits per heavy atom. The van der Waals surface area contributed by atoms with Crippen LogP contribution in [0.3, 0.4) is 0 Å². The van der Waals surface area contributed by atoms with Gasteiger partial charge in [-0.3, -0.25) is 4.79 Å². The van der Waals surface area contributed by atoms with E-state index < -0.39 is 29.4 Å². The van der Waals surface area contributed by atoms with E-state index in [1.807, 2.05) is 106 Å². The summed E-state index contributed by atoms with van der Waals surface area (Å²) in [7, 11) is 3.28. The standard InChI is InChI=1S/C32H37N5O5.C31H35N5O6/c1-21(38)23-10-14-26(15-11-23)41-27-16-17-33-29-28(27)30(35-37(29)19-22-8-12-25(40-5)13-9-22)36-18-6-7-24(20-36)34-31(39)42-32(2,3)4;1-31(2,3)42-30(39)33-22-6-5-17-35(19-22)28-26-25(41-24-13-9-21(10-14-24)29(37)38)15-16-32-27(26)36(34-28)18-20-7-11-23(40-4)12-8-20/h8-17,24H,6-7,18-20H2,1-5H3,(H,34,39);7-16,22H,5-6,17-19H2,1-4H3,(H,33,39)(H,37,38)/t24-;22-/m11/s1. The number of fused-ring (bicyclic) bond motifs is 2. The molecule has 2 atom stereocenters. The van der Waals surface area contributed by atoms with Crippen molar-refractivity contribution in [3.8, 4) is 34.5 Å². The number of pyridine rings is 2. The largest absolute Gasteiger partial charge is 0.497 e. The van der Waals surface area contributed by atoms with Crippen molar-refractivity contribution >= 4 is 57.6 Å². The molecule has 4 aromatic carbocycles. The van der Waals surface area contributed by atoms with Crippen LogP contribution in [0.5, 0.6) is 34.5 Å². The Bertz CT molecular complexity index is 3350. The average Bonchev–Trinajstić information content (AvgIpc) is 2.94. The van der Waals surface area contributed by atoms with Gasteiger partial charge in [-0.2, -0.15) is 10.2 Å². The number of amides is 2. The Kier molecular flexibility index (Phi) is 18.2. The van der Waals surface area contributed by atoms with Crippen molar-refractivity contribution in [1.82, 2.24) is 40.2 Å². The lowest BCUT2D eigenvalue weighted by Crippen LogP contribution is -2.49. The van der Waals surface area contributed by atoms with Gasteiger partial charge in [-0.25, -0.2) is 33.7 Å². The number of hydrogen-bond donors (Lipinski definition) is 3. The number of benzene rings is 4. The number of carbonyl (C=O) groups is 4. The van der Waals surface area contributed by atoms with Gasteiger partial charge in [-0.1, -0.05) is 24.3 Å². The van der Waals surface area contributed by atoms with Crippen molar-refractivity contribution in [2.24, 2.45) is 0 Å². The number of hydrogen-bond acceptors (Lipinski definition) is 16. The zero-order chi connectivity index (χ0) is 59.7. The number of Topliss-reactive ketones (excluding diaryl/α,β-unsaturated/α-hetero) is 1. The molecule has 3 N–H and O–H groups in total. The molecule has 2 fully saturated rings. The molecule has 4 aromatic heterocycles. The number of ether oxygens (including phenoxy) is 6. The third-order valence-electron chi connectivity index (χ3n) is 13.8. The summed E-state index contributed by atoms with van der Waals surface area (Å²) >= 11 is 0. The molecule has 0 unspecified atom stereocenters. The van der Waals surface area contributed by atoms with Crippen LogP contribution in [0.25, 0.3) is 22.1 Å². The summed E-state index contributed by atoms with van der Waals surface area (Å²) in [5.74, 6) is 4.21. The number of carboxylic acid groups (broad SMARTS) is 1. The van der Waals surface area contributed by atoms with Gasteiger partial charge in [0, 0.05) is 68.4 Å². The third kappa shape index (κ3) is 15.2. The molecule has 21 heteroatoms. The highest BCUT2D eigenvalue weighted by Gasteiger charge is 2.31. The number of carbonyl (C=O) groups excluding carboxylic acids is 3. The van der Waals surface area contributed by atoms with Crippen LogP contribution in [0.1, 0.15) is 106 Å². The molecule has 0 bridgehead atoms. The molecule has 0 spiro atoms. The van der Waals surface area contributed by atoms with Gasteiger partial charge >= 0.3 is 18.2 Å². The molecule has 2 saturated heterocycles. The smallest absolute Gasteiger partial charge is 0.407 e. The number of aromatic carboxylic acids is 1. The van der Waals surface area contributed by atoms with Crippen LogP contribution in [0, 0.1) is 0 Å². The molecule has 10 rings (SSSR count). The molecule has 0 aliphatic carbocycles. The molecule has 0 radical (unpaired) electrons. The fraction of sp³-hybridized carbons (Fsp3) is 0.365. The van der Waals surface area contributed by atoms with Crippen molar-refractivity contribution in [3.63, 3.8) is 0 Å². The van der Waals surface area contributed by atoms with Crippen molar-refractivity contribution in [2.45, 2.75) is 111 Å². The summed E-state index contributed by atoms with van der Waals surface area (Å²) in [5.41, 5.74) is 3.02. The summed E-state index contributed by atoms with van der Waals surface area (Å²) in [6, 6.07) is 32.3. The topological polar surface area (TPSA) is 236 Å². The van der Waals surface area contributed by atoms with E-state index in [1.54, 1.807) is 69.1 Å². The second kappa shape index (κ2) is 25.8. The Hall–Kier alpha value is -9.40. The first-order valence-corrected chi connectivity index (χ1v) is 27.9. The zero-order valence-corrected chi connectivity index (χ0v) is 48.9. The van der Waals surface area contributed by atoms with E-state index in [1.165, 1.54) is 19.1 Å². The Balaban J connectivity index is 0.000000202. The van der Waals surface area contributed by atoms with Gasteiger partial charge < -0.3 is 54.0 Å². The lowest BCUT2D eigenvalue weighted by atomic mass is 10.1. The van der Waals surface area contributed by atoms with Crippen LogP contribution < -0.4 is 39.4 Å². The van der Waals surface area contributed by atoms with Gasteiger partial charge in [0.2, 0.25) is 0 Å². The van der Waals surface area contributed by atoms with E-state index in [0.29, 0.717) is 71.9 Å². The van der Waals surface area contributed by atoms with Crippen molar-refractivity contribution in [2.75, 3.05) is 50.2 Å². The van der Waals surface area contributed by atoms with Gasteiger partial charge in [-0.05, 0) is 158 Å². The van der Waals surface area contributed by atoms with Crippen molar-refractivity contribution in [1.29, 1.82) is 0 Å². The Morgan fingerprint density at radius 1 is 0.548 bits per heavy atom. The lowest BCUT2D eigenvalue weighted by Gasteiger charge is -2.34. The second-order valence-corrected chi connectivity index (χ2v) is 22.7. The molecule has 440 valence electrons. The van der Waals surface area contributed by atoms with Gasteiger partial charge in [-0.15, -0.1) is 0 Å². The number of piperidine rings is 2. The number of anilines is 2. The van der Waals surface area contributed by atoms with Crippen LogP contribution in [0.2, 0.25) is 0 Å². The molecule has 84 heavy (non-hydrogen) atoms. The summed E-state index contributed by atoms with van der Waals surface area (Å²) in [6.45, 7) is 16.2. The summed E-state index contributed by atoms with van der Waals surface area (Å²) < 4.78 is 38.0. The van der Waals surface area contributed by atoms with Crippen LogP contribution in [0.4, 0.5) is 21.2 Å². The number of carboxylic acids is 1. The van der Waals surface area contributed by atoms with Gasteiger partial charge in [0.15, 0.2) is 28.7 Å². The molecule has 21 nitrogen and oxygen atoms in total. The molecule has 8 aromatic rings. The predicted molar refractivity (Wildman–Crippen MR) is 318 cm³/mol. The molecule has 2 amide bonds. The highest BCUT2D eigenvalue weighted by molar-refractivity contribution is 5.96. The Labute approximate surface area is 487 Å². The number of ketones is 1. The normalized spacial score (nSPS) is 15.3. The molecular weight excluding hydrogens is 1070 g/mol. The highest BCUT2D eigenvalue weighted by Crippen LogP contribution is 2.39. The van der Waals surface area contributed by atoms with E-state index >= 15 is 0 Å². The first-order chi connectivity index (χ1) is 40.2. The van der Waals surface area contributed by atoms with Crippen LogP contribution in [-0.2, 0) is 22.6 Å². The van der Waals surface area contributed by atoms with Crippen LogP contribution in [-0.4, -0.2) is 122 Å². The Morgan fingerprint density at radius 2 is 0.929 bits per heavy atom. The number of nitrogens with one attached hydrogen (secondary N) is 2. The lowest BCUT2D eigenvalue weighted by molar-refractivity contribution is 0.0488. The number of nitrogens with zero attached hydrogens (tertiary/aromatic N) is 8. The predicted octanol–water partition coefficient (Wildman–Crippen LogP) is 11.4. The minimum atomic E-state index is -1.01. The van der Waals surface area contributed by atoms with Crippen molar-refractivity contribution in [3.05, 3.63) is 144 Å². The van der Waals surface area contributed by atoms with Gasteiger partial charge in [0.05, 0.1) is 32.9 Å². The number of aromatic nitrogens is 6. The van der Waals surface area contributed by atoms with E-state index in [-0.39, 0.29) is 23.4 Å². The first-order valence-electron chi connectivity index (χ1n) is 27.9. The number of methoxy groups -OCH3 is 2. The van der Waals surface area contributed by atoms with Crippen molar-refractivity contribution < 1.29 is 52.7 Å². The third-order valence-corrected chi connectivity index (χ3v) is 13.8. The maximum Gasteiger partial charge on any atom is 0.407 e. The molecule has 2 aliphatic rings. The maximum absolute atomic E-state index is 12.5. The van der Waals surface area contributed by atoms with Gasteiger partial charge in [0.1, 0.15) is 56.5 Å².